The summed E-state index contributed by atoms with van der Waals surface area (Å²) in [7, 11) is -3.85. The third-order valence-electron chi connectivity index (χ3n) is 5.79. The van der Waals surface area contributed by atoms with E-state index in [-0.39, 0.29) is 28.0 Å². The molecule has 0 aliphatic heterocycles. The highest BCUT2D eigenvalue weighted by Crippen LogP contribution is 2.28. The molecular weight excluding hydrogens is 534 g/mol. The fourth-order valence-electron chi connectivity index (χ4n) is 3.81. The van der Waals surface area contributed by atoms with Gasteiger partial charge >= 0.3 is 0 Å². The minimum atomic E-state index is -3.85. The normalized spacial score (nSPS) is 11.4. The van der Waals surface area contributed by atoms with Gasteiger partial charge in [-0.3, -0.25) is 20.2 Å². The summed E-state index contributed by atoms with van der Waals surface area (Å²) in [5.41, 5.74) is 2.76. The van der Waals surface area contributed by atoms with E-state index in [9.17, 15) is 28.6 Å². The van der Waals surface area contributed by atoms with E-state index in [1.54, 1.807) is 36.4 Å². The molecule has 38 heavy (non-hydrogen) atoms. The Morgan fingerprint density at radius 2 is 1.34 bits per heavy atom. The number of rotatable bonds is 11. The van der Waals surface area contributed by atoms with Crippen LogP contribution < -0.4 is 10.0 Å². The third kappa shape index (κ3) is 6.59. The van der Waals surface area contributed by atoms with Gasteiger partial charge in [-0.2, -0.15) is 0 Å². The van der Waals surface area contributed by atoms with E-state index in [1.165, 1.54) is 36.4 Å². The molecule has 3 aromatic carbocycles. The molecule has 0 bridgehead atoms. The van der Waals surface area contributed by atoms with Crippen LogP contribution >= 0.6 is 11.6 Å². The molecule has 0 saturated heterocycles. The Morgan fingerprint density at radius 1 is 0.789 bits per heavy atom. The number of benzene rings is 3. The van der Waals surface area contributed by atoms with Gasteiger partial charge in [0.1, 0.15) is 5.15 Å². The smallest absolute Gasteiger partial charge is 0.269 e. The van der Waals surface area contributed by atoms with Crippen molar-refractivity contribution in [3.63, 3.8) is 0 Å². The van der Waals surface area contributed by atoms with Crippen molar-refractivity contribution in [2.75, 3.05) is 18.4 Å². The lowest BCUT2D eigenvalue weighted by Gasteiger charge is -2.12. The van der Waals surface area contributed by atoms with Crippen LogP contribution in [-0.4, -0.2) is 36.3 Å². The fraction of sp³-hybridized carbons (Fsp3) is 0.160. The molecular formula is C25H22ClN5O6S. The Kier molecular flexibility index (Phi) is 8.15. The summed E-state index contributed by atoms with van der Waals surface area (Å²) in [6.07, 6.45) is 0.930. The Hall–Kier alpha value is -4.13. The molecule has 0 aliphatic carbocycles. The van der Waals surface area contributed by atoms with Crippen LogP contribution in [0.15, 0.2) is 77.7 Å². The lowest BCUT2D eigenvalue weighted by molar-refractivity contribution is -0.385. The van der Waals surface area contributed by atoms with Crippen LogP contribution in [0.5, 0.6) is 0 Å². The van der Waals surface area contributed by atoms with Gasteiger partial charge < -0.3 is 5.32 Å². The number of halogens is 1. The van der Waals surface area contributed by atoms with Gasteiger partial charge in [-0.1, -0.05) is 35.9 Å². The number of hydrogen-bond donors (Lipinski definition) is 2. The maximum atomic E-state index is 12.9. The van der Waals surface area contributed by atoms with E-state index in [1.807, 2.05) is 0 Å². The van der Waals surface area contributed by atoms with Gasteiger partial charge in [0.15, 0.2) is 0 Å². The van der Waals surface area contributed by atoms with Gasteiger partial charge in [0.25, 0.3) is 11.4 Å². The van der Waals surface area contributed by atoms with E-state index >= 15 is 0 Å². The third-order valence-corrected chi connectivity index (χ3v) is 7.44. The number of pyridine rings is 1. The van der Waals surface area contributed by atoms with Crippen LogP contribution in [0.1, 0.15) is 11.1 Å². The number of non-ortho nitro benzene ring substituents is 2. The SMILES string of the molecule is O=[N+]([O-])c1ccc(CCNc2cc(Cl)nc3ccc(S(=O)(=O)NCCc4ccc([N+](=O)[O-])cc4)cc23)cc1. The first-order chi connectivity index (χ1) is 18.1. The van der Waals surface area contributed by atoms with E-state index in [2.05, 4.69) is 15.0 Å². The Bertz CT molecular complexity index is 1600. The summed E-state index contributed by atoms with van der Waals surface area (Å²) < 4.78 is 28.5. The Labute approximate surface area is 222 Å². The molecule has 0 saturated carbocycles. The van der Waals surface area contributed by atoms with Crippen molar-refractivity contribution < 1.29 is 18.3 Å². The maximum Gasteiger partial charge on any atom is 0.269 e. The summed E-state index contributed by atoms with van der Waals surface area (Å²) in [5, 5.41) is 25.7. The van der Waals surface area contributed by atoms with Gasteiger partial charge in [0, 0.05) is 48.4 Å². The predicted molar refractivity (Wildman–Crippen MR) is 144 cm³/mol. The zero-order valence-corrected chi connectivity index (χ0v) is 21.4. The second-order valence-corrected chi connectivity index (χ2v) is 10.5. The average Bonchev–Trinajstić information content (AvgIpc) is 2.89. The van der Waals surface area contributed by atoms with Crippen LogP contribution in [0.2, 0.25) is 5.15 Å². The van der Waals surface area contributed by atoms with Crippen molar-refractivity contribution in [2.24, 2.45) is 0 Å². The lowest BCUT2D eigenvalue weighted by atomic mass is 10.1. The molecule has 0 radical (unpaired) electrons. The Balaban J connectivity index is 1.45. The van der Waals surface area contributed by atoms with Crippen molar-refractivity contribution in [1.82, 2.24) is 9.71 Å². The zero-order valence-electron chi connectivity index (χ0n) is 19.8. The predicted octanol–water partition coefficient (Wildman–Crippen LogP) is 4.88. The maximum absolute atomic E-state index is 12.9. The molecule has 0 atom stereocenters. The number of anilines is 1. The lowest BCUT2D eigenvalue weighted by Crippen LogP contribution is -2.26. The largest absolute Gasteiger partial charge is 0.384 e. The average molecular weight is 556 g/mol. The number of nitro benzene ring substituents is 2. The summed E-state index contributed by atoms with van der Waals surface area (Å²) >= 11 is 6.17. The van der Waals surface area contributed by atoms with Crippen LogP contribution in [0.25, 0.3) is 10.9 Å². The summed E-state index contributed by atoms with van der Waals surface area (Å²) in [6.45, 7) is 0.578. The van der Waals surface area contributed by atoms with Gasteiger partial charge in [0.2, 0.25) is 10.0 Å². The van der Waals surface area contributed by atoms with Crippen molar-refractivity contribution in [3.8, 4) is 0 Å². The highest BCUT2D eigenvalue weighted by atomic mass is 35.5. The molecule has 0 fully saturated rings. The minimum Gasteiger partial charge on any atom is -0.384 e. The topological polar surface area (TPSA) is 157 Å². The molecule has 1 aromatic heterocycles. The highest BCUT2D eigenvalue weighted by Gasteiger charge is 2.16. The van der Waals surface area contributed by atoms with Crippen LogP contribution in [-0.2, 0) is 22.9 Å². The van der Waals surface area contributed by atoms with Crippen LogP contribution in [0.3, 0.4) is 0 Å². The van der Waals surface area contributed by atoms with Crippen molar-refractivity contribution in [1.29, 1.82) is 0 Å². The van der Waals surface area contributed by atoms with E-state index < -0.39 is 19.9 Å². The first-order valence-electron chi connectivity index (χ1n) is 11.4. The number of nitrogens with one attached hydrogen (secondary N) is 2. The van der Waals surface area contributed by atoms with Crippen LogP contribution in [0.4, 0.5) is 17.1 Å². The Morgan fingerprint density at radius 3 is 1.89 bits per heavy atom. The fourth-order valence-corrected chi connectivity index (χ4v) is 5.07. The molecule has 13 heteroatoms. The second kappa shape index (κ2) is 11.5. The minimum absolute atomic E-state index is 0.0173. The number of nitro groups is 2. The molecule has 2 N–H and O–H groups in total. The summed E-state index contributed by atoms with van der Waals surface area (Å²) in [4.78, 5) is 25.0. The zero-order chi connectivity index (χ0) is 27.3. The molecule has 1 heterocycles. The number of fused-ring (bicyclic) bond motifs is 1. The van der Waals surface area contributed by atoms with Crippen LogP contribution in [0, 0.1) is 20.2 Å². The summed E-state index contributed by atoms with van der Waals surface area (Å²) in [6, 6.07) is 18.3. The van der Waals surface area contributed by atoms with Gasteiger partial charge in [-0.25, -0.2) is 18.1 Å². The quantitative estimate of drug-likeness (QED) is 0.150. The molecule has 11 nitrogen and oxygen atoms in total. The van der Waals surface area contributed by atoms with Crippen molar-refractivity contribution in [3.05, 3.63) is 109 Å². The number of aromatic nitrogens is 1. The number of hydrogen-bond acceptors (Lipinski definition) is 8. The van der Waals surface area contributed by atoms with Gasteiger partial charge in [-0.15, -0.1) is 0 Å². The van der Waals surface area contributed by atoms with Crippen molar-refractivity contribution in [2.45, 2.75) is 17.7 Å². The van der Waals surface area contributed by atoms with E-state index in [4.69, 9.17) is 11.6 Å². The van der Waals surface area contributed by atoms with Crippen molar-refractivity contribution >= 4 is 49.6 Å². The number of nitrogens with zero attached hydrogens (tertiary/aromatic N) is 3. The van der Waals surface area contributed by atoms with Gasteiger partial charge in [-0.05, 0) is 48.2 Å². The molecule has 0 spiro atoms. The first-order valence-corrected chi connectivity index (χ1v) is 13.3. The highest BCUT2D eigenvalue weighted by molar-refractivity contribution is 7.89. The molecule has 0 amide bonds. The standard InChI is InChI=1S/C25H22ClN5O6S/c26-25-16-24(27-13-11-17-1-5-19(6-2-17)30(32)33)22-15-21(9-10-23(22)29-25)38(36,37)28-14-12-18-3-7-20(8-4-18)31(34)35/h1-10,15-16,28H,11-14H2,(H,27,29). The molecule has 196 valence electrons. The van der Waals surface area contributed by atoms with E-state index in [0.29, 0.717) is 36.0 Å². The molecule has 4 rings (SSSR count). The molecule has 0 aliphatic rings. The monoisotopic (exact) mass is 555 g/mol. The first kappa shape index (κ1) is 26.9. The second-order valence-electron chi connectivity index (χ2n) is 8.34. The van der Waals surface area contributed by atoms with Gasteiger partial charge in [0.05, 0.1) is 20.3 Å². The number of sulfonamides is 1. The molecule has 0 unspecified atom stereocenters. The summed E-state index contributed by atoms with van der Waals surface area (Å²) in [5.74, 6) is 0. The van der Waals surface area contributed by atoms with E-state index in [0.717, 1.165) is 11.1 Å². The molecule has 4 aromatic rings.